The molecule has 0 spiro atoms. The zero-order chi connectivity index (χ0) is 9.26. The zero-order valence-corrected chi connectivity index (χ0v) is 7.19. The molecule has 0 atom stereocenters. The molecule has 2 aromatic rings. The first-order chi connectivity index (χ1) is 6.27. The van der Waals surface area contributed by atoms with Gasteiger partial charge >= 0.3 is 0 Å². The summed E-state index contributed by atoms with van der Waals surface area (Å²) in [4.78, 5) is 19.3. The van der Waals surface area contributed by atoms with E-state index >= 15 is 0 Å². The fourth-order valence-electron chi connectivity index (χ4n) is 1.15. The lowest BCUT2D eigenvalue weighted by Crippen LogP contribution is -1.96. The van der Waals surface area contributed by atoms with E-state index in [-0.39, 0.29) is 5.78 Å². The van der Waals surface area contributed by atoms with Gasteiger partial charge in [0, 0.05) is 13.1 Å². The maximum absolute atomic E-state index is 11.0. The number of ketones is 1. The maximum atomic E-state index is 11.0. The topological polar surface area (TPSA) is 42.9 Å². The van der Waals surface area contributed by atoms with E-state index in [1.165, 1.54) is 6.92 Å². The molecule has 0 fully saturated rings. The van der Waals surface area contributed by atoms with Crippen molar-refractivity contribution in [1.29, 1.82) is 0 Å². The number of carbonyl (C=O) groups is 1. The SMILES string of the molecule is CC(=O)c1ccc2ncccc2n1. The molecule has 0 saturated carbocycles. The predicted molar refractivity (Wildman–Crippen MR) is 49.5 cm³/mol. The Hall–Kier alpha value is -1.77. The number of fused-ring (bicyclic) bond motifs is 1. The minimum absolute atomic E-state index is 0.0225. The third kappa shape index (κ3) is 1.40. The van der Waals surface area contributed by atoms with E-state index in [0.29, 0.717) is 5.69 Å². The Kier molecular flexibility index (Phi) is 1.77. The number of rotatable bonds is 1. The number of hydrogen-bond acceptors (Lipinski definition) is 3. The second-order valence-corrected chi connectivity index (χ2v) is 2.79. The summed E-state index contributed by atoms with van der Waals surface area (Å²) >= 11 is 0. The molecule has 0 bridgehead atoms. The number of pyridine rings is 2. The lowest BCUT2D eigenvalue weighted by molar-refractivity contribution is 0.101. The second-order valence-electron chi connectivity index (χ2n) is 2.79. The van der Waals surface area contributed by atoms with E-state index < -0.39 is 0 Å². The van der Waals surface area contributed by atoms with Crippen molar-refractivity contribution in [3.63, 3.8) is 0 Å². The van der Waals surface area contributed by atoms with Gasteiger partial charge in [-0.2, -0.15) is 0 Å². The summed E-state index contributed by atoms with van der Waals surface area (Å²) in [5.41, 5.74) is 2.06. The van der Waals surface area contributed by atoms with E-state index in [0.717, 1.165) is 11.0 Å². The third-order valence-corrected chi connectivity index (χ3v) is 1.82. The lowest BCUT2D eigenvalue weighted by Gasteiger charge is -1.97. The van der Waals surface area contributed by atoms with Gasteiger partial charge in [0.05, 0.1) is 11.0 Å². The molecule has 13 heavy (non-hydrogen) atoms. The third-order valence-electron chi connectivity index (χ3n) is 1.82. The number of carbonyl (C=O) groups excluding carboxylic acids is 1. The van der Waals surface area contributed by atoms with Gasteiger partial charge < -0.3 is 0 Å². The largest absolute Gasteiger partial charge is 0.293 e. The minimum atomic E-state index is -0.0225. The average Bonchev–Trinajstić information content (AvgIpc) is 2.17. The molecule has 0 aliphatic carbocycles. The summed E-state index contributed by atoms with van der Waals surface area (Å²) in [6.07, 6.45) is 1.71. The van der Waals surface area contributed by atoms with E-state index in [4.69, 9.17) is 0 Å². The predicted octanol–water partition coefficient (Wildman–Crippen LogP) is 1.83. The smallest absolute Gasteiger partial charge is 0.178 e. The number of nitrogens with zero attached hydrogens (tertiary/aromatic N) is 2. The van der Waals surface area contributed by atoms with Crippen molar-refractivity contribution in [2.45, 2.75) is 6.92 Å². The van der Waals surface area contributed by atoms with Crippen molar-refractivity contribution >= 4 is 16.8 Å². The summed E-state index contributed by atoms with van der Waals surface area (Å²) in [6, 6.07) is 7.14. The highest BCUT2D eigenvalue weighted by Gasteiger charge is 2.01. The Morgan fingerprint density at radius 2 is 2.08 bits per heavy atom. The molecule has 0 radical (unpaired) electrons. The van der Waals surface area contributed by atoms with Crippen LogP contribution in [0.25, 0.3) is 11.0 Å². The van der Waals surface area contributed by atoms with Crippen LogP contribution in [0.3, 0.4) is 0 Å². The second kappa shape index (κ2) is 2.94. The highest BCUT2D eigenvalue weighted by atomic mass is 16.1. The van der Waals surface area contributed by atoms with Gasteiger partial charge in [-0.05, 0) is 24.3 Å². The van der Waals surface area contributed by atoms with Crippen LogP contribution in [0.1, 0.15) is 17.4 Å². The lowest BCUT2D eigenvalue weighted by atomic mass is 10.2. The first kappa shape index (κ1) is 7.86. The summed E-state index contributed by atoms with van der Waals surface area (Å²) in [5.74, 6) is -0.0225. The van der Waals surface area contributed by atoms with Gasteiger partial charge in [-0.1, -0.05) is 0 Å². The van der Waals surface area contributed by atoms with Gasteiger partial charge in [-0.3, -0.25) is 9.78 Å². The van der Waals surface area contributed by atoms with E-state index in [9.17, 15) is 4.79 Å². The molecular formula is C10H8N2O. The molecule has 0 aliphatic rings. The molecule has 64 valence electrons. The van der Waals surface area contributed by atoms with Crippen molar-refractivity contribution in [3.05, 3.63) is 36.2 Å². The molecule has 0 amide bonds. The summed E-state index contributed by atoms with van der Waals surface area (Å²) in [5, 5.41) is 0. The van der Waals surface area contributed by atoms with Crippen LogP contribution in [0.4, 0.5) is 0 Å². The Morgan fingerprint density at radius 1 is 1.23 bits per heavy atom. The molecule has 0 saturated heterocycles. The zero-order valence-electron chi connectivity index (χ0n) is 7.19. The van der Waals surface area contributed by atoms with Crippen LogP contribution < -0.4 is 0 Å². The first-order valence-electron chi connectivity index (χ1n) is 4.00. The standard InChI is InChI=1S/C10H8N2O/c1-7(13)8-4-5-9-10(12-8)3-2-6-11-9/h2-6H,1H3. The van der Waals surface area contributed by atoms with E-state index in [1.54, 1.807) is 24.4 Å². The molecule has 0 unspecified atom stereocenters. The van der Waals surface area contributed by atoms with Crippen molar-refractivity contribution in [2.75, 3.05) is 0 Å². The van der Waals surface area contributed by atoms with Crippen LogP contribution in [0.2, 0.25) is 0 Å². The van der Waals surface area contributed by atoms with Crippen molar-refractivity contribution < 1.29 is 4.79 Å². The van der Waals surface area contributed by atoms with Crippen molar-refractivity contribution in [1.82, 2.24) is 9.97 Å². The van der Waals surface area contributed by atoms with Gasteiger partial charge in [0.1, 0.15) is 5.69 Å². The fourth-order valence-corrected chi connectivity index (χ4v) is 1.15. The van der Waals surface area contributed by atoms with Gasteiger partial charge in [0.25, 0.3) is 0 Å². The minimum Gasteiger partial charge on any atom is -0.293 e. The average molecular weight is 172 g/mol. The summed E-state index contributed by atoms with van der Waals surface area (Å²) in [7, 11) is 0. The number of aromatic nitrogens is 2. The normalized spacial score (nSPS) is 10.2. The quantitative estimate of drug-likeness (QED) is 0.616. The van der Waals surface area contributed by atoms with Gasteiger partial charge in [-0.15, -0.1) is 0 Å². The van der Waals surface area contributed by atoms with Crippen molar-refractivity contribution in [2.24, 2.45) is 0 Å². The van der Waals surface area contributed by atoms with Gasteiger partial charge in [0.2, 0.25) is 0 Å². The molecule has 3 heteroatoms. The maximum Gasteiger partial charge on any atom is 0.178 e. The van der Waals surface area contributed by atoms with E-state index in [2.05, 4.69) is 9.97 Å². The molecule has 0 aliphatic heterocycles. The Bertz CT molecular complexity index is 465. The fraction of sp³-hybridized carbons (Fsp3) is 0.100. The number of Topliss-reactive ketones (excluding diaryl/α,β-unsaturated/α-hetero) is 1. The molecular weight excluding hydrogens is 164 g/mol. The Balaban J connectivity index is 2.69. The number of hydrogen-bond donors (Lipinski definition) is 0. The summed E-state index contributed by atoms with van der Waals surface area (Å²) < 4.78 is 0. The Labute approximate surface area is 75.4 Å². The monoisotopic (exact) mass is 172 g/mol. The van der Waals surface area contributed by atoms with Crippen LogP contribution in [0, 0.1) is 0 Å². The summed E-state index contributed by atoms with van der Waals surface area (Å²) in [6.45, 7) is 1.50. The molecule has 3 nitrogen and oxygen atoms in total. The van der Waals surface area contributed by atoms with Crippen LogP contribution in [0.5, 0.6) is 0 Å². The van der Waals surface area contributed by atoms with Crippen LogP contribution >= 0.6 is 0 Å². The van der Waals surface area contributed by atoms with Crippen molar-refractivity contribution in [3.8, 4) is 0 Å². The molecule has 0 N–H and O–H groups in total. The first-order valence-corrected chi connectivity index (χ1v) is 4.00. The van der Waals surface area contributed by atoms with Gasteiger partial charge in [0.15, 0.2) is 5.78 Å². The Morgan fingerprint density at radius 3 is 2.85 bits per heavy atom. The van der Waals surface area contributed by atoms with Crippen LogP contribution in [0.15, 0.2) is 30.5 Å². The van der Waals surface area contributed by atoms with Gasteiger partial charge in [-0.25, -0.2) is 4.98 Å². The molecule has 2 heterocycles. The van der Waals surface area contributed by atoms with Crippen LogP contribution in [-0.4, -0.2) is 15.8 Å². The highest BCUT2D eigenvalue weighted by molar-refractivity contribution is 5.94. The highest BCUT2D eigenvalue weighted by Crippen LogP contribution is 2.08. The molecule has 0 aromatic carbocycles. The molecule has 2 aromatic heterocycles. The van der Waals surface area contributed by atoms with Crippen LogP contribution in [-0.2, 0) is 0 Å². The van der Waals surface area contributed by atoms with E-state index in [1.807, 2.05) is 6.07 Å². The molecule has 2 rings (SSSR count).